The molecule has 6 nitrogen and oxygen atoms in total. The highest BCUT2D eigenvalue weighted by Gasteiger charge is 2.40. The maximum atomic E-state index is 13.0. The third-order valence-electron chi connectivity index (χ3n) is 9.00. The van der Waals surface area contributed by atoms with Crippen LogP contribution in [0.25, 0.3) is 0 Å². The molecule has 36 heavy (non-hydrogen) atoms. The number of nitrogens with one attached hydrogen (secondary N) is 1. The molecule has 4 aliphatic rings. The second-order valence-electron chi connectivity index (χ2n) is 11.3. The summed E-state index contributed by atoms with van der Waals surface area (Å²) >= 11 is 1.83. The maximum absolute atomic E-state index is 13.0. The lowest BCUT2D eigenvalue weighted by Crippen LogP contribution is -2.52. The van der Waals surface area contributed by atoms with Crippen molar-refractivity contribution in [1.29, 1.82) is 0 Å². The highest BCUT2D eigenvalue weighted by Crippen LogP contribution is 2.44. The Bertz CT molecular complexity index is 965. The number of piperidine rings is 2. The Morgan fingerprint density at radius 3 is 2.50 bits per heavy atom. The van der Waals surface area contributed by atoms with E-state index in [0.717, 1.165) is 16.2 Å². The van der Waals surface area contributed by atoms with Crippen molar-refractivity contribution in [1.82, 2.24) is 15.1 Å². The lowest BCUT2D eigenvalue weighted by atomic mass is 9.68. The fourth-order valence-electron chi connectivity index (χ4n) is 6.72. The first-order valence-electron chi connectivity index (χ1n) is 14.2. The predicted molar refractivity (Wildman–Crippen MR) is 143 cm³/mol. The van der Waals surface area contributed by atoms with Crippen LogP contribution in [0.15, 0.2) is 23.1 Å². The highest BCUT2D eigenvalue weighted by atomic mass is 32.2. The number of imide groups is 1. The molecule has 0 radical (unpaired) electrons. The molecule has 1 aromatic rings. The average Bonchev–Trinajstić information content (AvgIpc) is 3.22. The number of carbonyl (C=O) groups is 3. The quantitative estimate of drug-likeness (QED) is 0.282. The van der Waals surface area contributed by atoms with Crippen molar-refractivity contribution in [2.45, 2.75) is 101 Å². The molecule has 5 rings (SSSR count). The summed E-state index contributed by atoms with van der Waals surface area (Å²) in [5.74, 6) is 0.365. The Morgan fingerprint density at radius 1 is 0.944 bits per heavy atom. The van der Waals surface area contributed by atoms with Gasteiger partial charge in [0.2, 0.25) is 11.8 Å². The van der Waals surface area contributed by atoms with Gasteiger partial charge in [-0.05, 0) is 93.4 Å². The number of fused-ring (bicyclic) bond motifs is 1. The number of benzene rings is 1. The van der Waals surface area contributed by atoms with Crippen LogP contribution in [0, 0.1) is 5.41 Å². The molecule has 1 aliphatic carbocycles. The molecule has 1 spiro atoms. The fraction of sp³-hybridized carbons (Fsp3) is 0.690. The predicted octanol–water partition coefficient (Wildman–Crippen LogP) is 5.15. The molecule has 3 fully saturated rings. The van der Waals surface area contributed by atoms with Crippen LogP contribution < -0.4 is 5.32 Å². The number of likely N-dealkylation sites (tertiary alicyclic amines) is 1. The topological polar surface area (TPSA) is 69.7 Å². The van der Waals surface area contributed by atoms with Gasteiger partial charge in [-0.25, -0.2) is 0 Å². The maximum Gasteiger partial charge on any atom is 0.255 e. The molecule has 2 saturated heterocycles. The smallest absolute Gasteiger partial charge is 0.255 e. The molecule has 3 aliphatic heterocycles. The van der Waals surface area contributed by atoms with Crippen LogP contribution in [-0.4, -0.2) is 59.0 Å². The number of amides is 3. The van der Waals surface area contributed by atoms with E-state index in [0.29, 0.717) is 23.9 Å². The molecule has 3 heterocycles. The lowest BCUT2D eigenvalue weighted by molar-refractivity contribution is -0.136. The molecular formula is C29H41N3O3S. The summed E-state index contributed by atoms with van der Waals surface area (Å²) in [5.41, 5.74) is 2.45. The Balaban J connectivity index is 1.01. The van der Waals surface area contributed by atoms with E-state index in [1.54, 1.807) is 4.90 Å². The van der Waals surface area contributed by atoms with E-state index in [1.807, 2.05) is 23.9 Å². The minimum Gasteiger partial charge on any atom is -0.322 e. The van der Waals surface area contributed by atoms with Gasteiger partial charge in [0.15, 0.2) is 0 Å². The van der Waals surface area contributed by atoms with Crippen LogP contribution in [0.5, 0.6) is 0 Å². The molecule has 1 unspecified atom stereocenters. The van der Waals surface area contributed by atoms with Crippen molar-refractivity contribution in [2.24, 2.45) is 5.41 Å². The zero-order chi connectivity index (χ0) is 25.0. The van der Waals surface area contributed by atoms with Crippen molar-refractivity contribution in [2.75, 3.05) is 25.4 Å². The van der Waals surface area contributed by atoms with Gasteiger partial charge in [-0.3, -0.25) is 19.7 Å². The Kier molecular flexibility index (Phi) is 8.36. The van der Waals surface area contributed by atoms with E-state index in [4.69, 9.17) is 0 Å². The van der Waals surface area contributed by atoms with Crippen molar-refractivity contribution in [3.63, 3.8) is 0 Å². The van der Waals surface area contributed by atoms with E-state index in [-0.39, 0.29) is 24.1 Å². The summed E-state index contributed by atoms with van der Waals surface area (Å²) in [5, 5.41) is 2.38. The van der Waals surface area contributed by atoms with Gasteiger partial charge < -0.3 is 9.80 Å². The number of hydrogen-bond donors (Lipinski definition) is 1. The van der Waals surface area contributed by atoms with Gasteiger partial charge in [-0.15, -0.1) is 11.8 Å². The molecule has 1 atom stereocenters. The van der Waals surface area contributed by atoms with Gasteiger partial charge in [0.05, 0.1) is 0 Å². The fourth-order valence-corrected chi connectivity index (χ4v) is 7.81. The number of carbonyl (C=O) groups excluding carboxylic acids is 3. The van der Waals surface area contributed by atoms with Gasteiger partial charge in [0, 0.05) is 23.4 Å². The Labute approximate surface area is 219 Å². The first-order chi connectivity index (χ1) is 17.5. The van der Waals surface area contributed by atoms with Crippen LogP contribution in [0.2, 0.25) is 0 Å². The van der Waals surface area contributed by atoms with Crippen molar-refractivity contribution >= 4 is 29.5 Å². The average molecular weight is 512 g/mol. The van der Waals surface area contributed by atoms with Crippen molar-refractivity contribution in [3.05, 3.63) is 29.3 Å². The number of hydrogen-bond acceptors (Lipinski definition) is 5. The monoisotopic (exact) mass is 511 g/mol. The summed E-state index contributed by atoms with van der Waals surface area (Å²) in [4.78, 5) is 42.3. The first-order valence-corrected chi connectivity index (χ1v) is 15.1. The number of unbranched alkanes of at least 4 members (excludes halogenated alkanes) is 3. The number of nitrogens with zero attached hydrogens (tertiary/aromatic N) is 2. The minimum atomic E-state index is -0.548. The summed E-state index contributed by atoms with van der Waals surface area (Å²) in [6.45, 7) is 4.33. The first kappa shape index (κ1) is 25.8. The molecular weight excluding hydrogens is 470 g/mol. The Hall–Kier alpha value is -1.86. The summed E-state index contributed by atoms with van der Waals surface area (Å²) < 4.78 is 0. The van der Waals surface area contributed by atoms with E-state index in [2.05, 4.69) is 16.3 Å². The van der Waals surface area contributed by atoms with Crippen LogP contribution in [0.4, 0.5) is 0 Å². The zero-order valence-corrected chi connectivity index (χ0v) is 22.4. The molecule has 0 aromatic heterocycles. The van der Waals surface area contributed by atoms with E-state index >= 15 is 0 Å². The molecule has 1 N–H and O–H groups in total. The molecule has 196 valence electrons. The lowest BCUT2D eigenvalue weighted by Gasteiger charge is -2.44. The third kappa shape index (κ3) is 5.83. The van der Waals surface area contributed by atoms with Crippen molar-refractivity contribution < 1.29 is 14.4 Å². The van der Waals surface area contributed by atoms with Crippen molar-refractivity contribution in [3.8, 4) is 0 Å². The normalized spacial score (nSPS) is 24.3. The van der Waals surface area contributed by atoms with Gasteiger partial charge in [0.1, 0.15) is 6.04 Å². The highest BCUT2D eigenvalue weighted by molar-refractivity contribution is 7.99. The minimum absolute atomic E-state index is 0.0888. The molecule has 3 amide bonds. The van der Waals surface area contributed by atoms with Crippen LogP contribution in [0.3, 0.4) is 0 Å². The van der Waals surface area contributed by atoms with Gasteiger partial charge in [-0.1, -0.05) is 38.2 Å². The second-order valence-corrected chi connectivity index (χ2v) is 12.5. The molecule has 1 saturated carbocycles. The third-order valence-corrected chi connectivity index (χ3v) is 10.2. The summed E-state index contributed by atoms with van der Waals surface area (Å²) in [6.07, 6.45) is 15.9. The summed E-state index contributed by atoms with van der Waals surface area (Å²) in [6, 6.07) is 5.36. The van der Waals surface area contributed by atoms with Gasteiger partial charge in [-0.2, -0.15) is 0 Å². The van der Waals surface area contributed by atoms with Crippen LogP contribution in [-0.2, 0) is 16.1 Å². The van der Waals surface area contributed by atoms with Gasteiger partial charge >= 0.3 is 0 Å². The molecule has 1 aromatic carbocycles. The molecule has 7 heteroatoms. The largest absolute Gasteiger partial charge is 0.322 e. The standard InChI is InChI=1S/C29H41N3O3S/c33-26-12-11-24(27(34)30-26)32-21-23-22(28(32)35)9-8-10-25(23)36-20-7-2-1-6-17-31-18-15-29(16-19-31)13-4-3-5-14-29/h8-10,24H,1-7,11-21H2,(H,30,33,34). The van der Waals surface area contributed by atoms with E-state index in [9.17, 15) is 14.4 Å². The number of thioether (sulfide) groups is 1. The van der Waals surface area contributed by atoms with Gasteiger partial charge in [0.25, 0.3) is 5.91 Å². The summed E-state index contributed by atoms with van der Waals surface area (Å²) in [7, 11) is 0. The number of rotatable bonds is 9. The van der Waals surface area contributed by atoms with Crippen LogP contribution in [0.1, 0.15) is 99.4 Å². The molecule has 0 bridgehead atoms. The second kappa shape index (κ2) is 11.7. The SMILES string of the molecule is O=C1CCC(N2Cc3c(SCCCCCCN4CCC5(CCCCC5)CC4)cccc3C2=O)C(=O)N1. The van der Waals surface area contributed by atoms with E-state index < -0.39 is 6.04 Å². The Morgan fingerprint density at radius 2 is 1.72 bits per heavy atom. The van der Waals surface area contributed by atoms with Crippen LogP contribution >= 0.6 is 11.8 Å². The van der Waals surface area contributed by atoms with E-state index in [1.165, 1.54) is 90.3 Å². The zero-order valence-electron chi connectivity index (χ0n) is 21.6.